The minimum absolute atomic E-state index is 0.161. The van der Waals surface area contributed by atoms with E-state index in [0.717, 1.165) is 37.7 Å². The lowest BCUT2D eigenvalue weighted by Gasteiger charge is -2.37. The van der Waals surface area contributed by atoms with Gasteiger partial charge in [0.05, 0.1) is 12.6 Å². The van der Waals surface area contributed by atoms with Gasteiger partial charge in [0.25, 0.3) is 0 Å². The number of pyridine rings is 1. The molecule has 2 aliphatic rings. The zero-order valence-electron chi connectivity index (χ0n) is 27.2. The molecule has 0 bridgehead atoms. The first-order valence-corrected chi connectivity index (χ1v) is 16.2. The average molecular weight is 620 g/mol. The number of carbonyl (C=O) groups excluding carboxylic acids is 1. The van der Waals surface area contributed by atoms with Crippen LogP contribution in [0.5, 0.6) is 23.0 Å². The Morgan fingerprint density at radius 2 is 1.76 bits per heavy atom. The van der Waals surface area contributed by atoms with Crippen molar-refractivity contribution in [2.24, 2.45) is 5.41 Å². The smallest absolute Gasteiger partial charge is 0.319 e. The number of ether oxygens (including phenoxy) is 3. The maximum atomic E-state index is 12.2. The van der Waals surface area contributed by atoms with Gasteiger partial charge >= 0.3 is 6.03 Å². The minimum atomic E-state index is -0.608. The number of methoxy groups -OCH3 is 1. The number of hydrogen-bond acceptors (Lipinski definition) is 8. The summed E-state index contributed by atoms with van der Waals surface area (Å²) in [5.74, 6) is 2.30. The van der Waals surface area contributed by atoms with E-state index in [1.165, 1.54) is 25.9 Å². The van der Waals surface area contributed by atoms with Crippen molar-refractivity contribution in [2.45, 2.75) is 65.0 Å². The Morgan fingerprint density at radius 1 is 1.02 bits per heavy atom. The fraction of sp³-hybridized carbons (Fsp3) is 0.543. The van der Waals surface area contributed by atoms with E-state index in [2.05, 4.69) is 46.2 Å². The molecule has 1 unspecified atom stereocenters. The fourth-order valence-corrected chi connectivity index (χ4v) is 6.06. The zero-order valence-corrected chi connectivity index (χ0v) is 27.2. The van der Waals surface area contributed by atoms with E-state index in [-0.39, 0.29) is 18.1 Å². The number of piperidine rings is 1. The van der Waals surface area contributed by atoms with Crippen molar-refractivity contribution in [2.75, 3.05) is 58.3 Å². The third-order valence-corrected chi connectivity index (χ3v) is 8.60. The number of likely N-dealkylation sites (tertiary alicyclic amines) is 2. The van der Waals surface area contributed by atoms with Gasteiger partial charge in [-0.2, -0.15) is 0 Å². The molecular weight excluding hydrogens is 570 g/mol. The van der Waals surface area contributed by atoms with Gasteiger partial charge in [0, 0.05) is 42.5 Å². The van der Waals surface area contributed by atoms with Crippen LogP contribution in [-0.4, -0.2) is 91.1 Å². The number of aromatic nitrogens is 1. The summed E-state index contributed by atoms with van der Waals surface area (Å²) in [6.45, 7) is 12.3. The Kier molecular flexibility index (Phi) is 11.0. The molecule has 2 fully saturated rings. The topological polar surface area (TPSA) is 108 Å². The lowest BCUT2D eigenvalue weighted by molar-refractivity contribution is 0.0470. The molecule has 2 saturated heterocycles. The first-order valence-electron chi connectivity index (χ1n) is 16.2. The number of aliphatic hydroxyl groups is 1. The summed E-state index contributed by atoms with van der Waals surface area (Å²) in [5, 5.41) is 17.3. The fourth-order valence-electron chi connectivity index (χ4n) is 6.06. The Labute approximate surface area is 267 Å². The lowest BCUT2D eigenvalue weighted by Crippen LogP contribution is -2.46. The predicted molar refractivity (Wildman–Crippen MR) is 178 cm³/mol. The molecule has 244 valence electrons. The first-order chi connectivity index (χ1) is 21.7. The number of amides is 2. The van der Waals surface area contributed by atoms with Crippen molar-refractivity contribution >= 4 is 22.6 Å². The van der Waals surface area contributed by atoms with Crippen molar-refractivity contribution < 1.29 is 24.1 Å². The third kappa shape index (κ3) is 9.45. The number of hydrogen-bond donors (Lipinski definition) is 3. The molecule has 0 saturated carbocycles. The van der Waals surface area contributed by atoms with Crippen LogP contribution in [0.2, 0.25) is 0 Å². The summed E-state index contributed by atoms with van der Waals surface area (Å²) in [4.78, 5) is 21.7. The van der Waals surface area contributed by atoms with Crippen LogP contribution in [0.15, 0.2) is 48.7 Å². The van der Waals surface area contributed by atoms with Crippen LogP contribution in [0.25, 0.3) is 10.9 Å². The number of carbonyl (C=O) groups is 1. The van der Waals surface area contributed by atoms with Gasteiger partial charge in [-0.1, -0.05) is 20.8 Å². The Balaban J connectivity index is 1.15. The van der Waals surface area contributed by atoms with E-state index in [0.29, 0.717) is 53.3 Å². The van der Waals surface area contributed by atoms with E-state index >= 15 is 0 Å². The van der Waals surface area contributed by atoms with Crippen LogP contribution in [0.4, 0.5) is 10.5 Å². The van der Waals surface area contributed by atoms with Crippen LogP contribution in [0, 0.1) is 5.41 Å². The number of benzene rings is 2. The van der Waals surface area contributed by atoms with Gasteiger partial charge in [-0.05, 0) is 100 Å². The SMILES string of the molecule is COc1cc2c(Oc3ccc(NC(=O)NCCC(C)(C)C)cc3)ccnc2cc1OCC(O)CN1CCC(N2CCCC2)CC1. The number of β-amino-alcohol motifs (C(OH)–C–C–N with tert-alkyl or cyclic N) is 1. The zero-order chi connectivity index (χ0) is 31.8. The van der Waals surface area contributed by atoms with Crippen LogP contribution < -0.4 is 24.8 Å². The Hall–Kier alpha value is -3.60. The van der Waals surface area contributed by atoms with Gasteiger partial charge in [0.2, 0.25) is 0 Å². The molecule has 0 spiro atoms. The number of urea groups is 1. The predicted octanol–water partition coefficient (Wildman–Crippen LogP) is 5.89. The number of aliphatic hydroxyl groups excluding tert-OH is 1. The molecule has 45 heavy (non-hydrogen) atoms. The Morgan fingerprint density at radius 3 is 2.44 bits per heavy atom. The van der Waals surface area contributed by atoms with E-state index in [9.17, 15) is 9.90 Å². The van der Waals surface area contributed by atoms with Crippen molar-refractivity contribution in [3.63, 3.8) is 0 Å². The largest absolute Gasteiger partial charge is 0.493 e. The molecule has 10 heteroatoms. The molecule has 10 nitrogen and oxygen atoms in total. The second-order valence-corrected chi connectivity index (χ2v) is 13.4. The van der Waals surface area contributed by atoms with Gasteiger partial charge in [0.1, 0.15) is 24.2 Å². The molecule has 2 amide bonds. The molecular formula is C35H49N5O5. The summed E-state index contributed by atoms with van der Waals surface area (Å²) in [6, 6.07) is 13.1. The summed E-state index contributed by atoms with van der Waals surface area (Å²) in [5.41, 5.74) is 1.52. The number of nitrogens with one attached hydrogen (secondary N) is 2. The second kappa shape index (κ2) is 15.1. The number of rotatable bonds is 12. The van der Waals surface area contributed by atoms with Crippen molar-refractivity contribution in [3.8, 4) is 23.0 Å². The average Bonchev–Trinajstić information content (AvgIpc) is 3.56. The monoisotopic (exact) mass is 619 g/mol. The van der Waals surface area contributed by atoms with Gasteiger partial charge in [-0.15, -0.1) is 0 Å². The summed E-state index contributed by atoms with van der Waals surface area (Å²) in [6.07, 6.45) is 6.95. The molecule has 3 aromatic rings. The van der Waals surface area contributed by atoms with Crippen molar-refractivity contribution in [1.82, 2.24) is 20.1 Å². The normalized spacial score (nSPS) is 17.3. The Bertz CT molecular complexity index is 1400. The van der Waals surface area contributed by atoms with Crippen molar-refractivity contribution in [3.05, 3.63) is 48.7 Å². The summed E-state index contributed by atoms with van der Waals surface area (Å²) >= 11 is 0. The number of nitrogens with zero attached hydrogens (tertiary/aromatic N) is 3. The van der Waals surface area contributed by atoms with Crippen LogP contribution in [-0.2, 0) is 0 Å². The van der Waals surface area contributed by atoms with Gasteiger partial charge < -0.3 is 39.8 Å². The quantitative estimate of drug-likeness (QED) is 0.230. The summed E-state index contributed by atoms with van der Waals surface area (Å²) in [7, 11) is 1.59. The molecule has 0 aliphatic carbocycles. The van der Waals surface area contributed by atoms with Crippen molar-refractivity contribution in [1.29, 1.82) is 0 Å². The molecule has 2 aromatic carbocycles. The van der Waals surface area contributed by atoms with Crippen LogP contribution in [0.3, 0.4) is 0 Å². The van der Waals surface area contributed by atoms with Gasteiger partial charge in [0.15, 0.2) is 11.5 Å². The standard InChI is InChI=1S/C35H49N5O5/c1-35(2,3)14-16-37-34(42)38-25-7-9-28(10-8-25)45-31-11-15-36-30-22-33(32(43-4)21-29(30)31)44-24-27(41)23-39-19-12-26(13-20-39)40-17-5-6-18-40/h7-11,15,21-22,26-27,41H,5-6,12-14,16-20,23-24H2,1-4H3,(H2,37,38,42). The molecule has 0 radical (unpaired) electrons. The van der Waals surface area contributed by atoms with Crippen LogP contribution >= 0.6 is 0 Å². The highest BCUT2D eigenvalue weighted by molar-refractivity contribution is 5.89. The number of fused-ring (bicyclic) bond motifs is 1. The van der Waals surface area contributed by atoms with E-state index in [1.807, 2.05) is 24.3 Å². The highest BCUT2D eigenvalue weighted by Crippen LogP contribution is 2.37. The van der Waals surface area contributed by atoms with E-state index < -0.39 is 6.10 Å². The molecule has 5 rings (SSSR count). The first kappa shape index (κ1) is 32.8. The maximum Gasteiger partial charge on any atom is 0.319 e. The van der Waals surface area contributed by atoms with E-state index in [1.54, 1.807) is 31.5 Å². The van der Waals surface area contributed by atoms with E-state index in [4.69, 9.17) is 14.2 Å². The number of anilines is 1. The van der Waals surface area contributed by atoms with Gasteiger partial charge in [-0.25, -0.2) is 4.79 Å². The minimum Gasteiger partial charge on any atom is -0.493 e. The molecule has 2 aliphatic heterocycles. The maximum absolute atomic E-state index is 12.2. The van der Waals surface area contributed by atoms with Crippen LogP contribution in [0.1, 0.15) is 52.9 Å². The second-order valence-electron chi connectivity index (χ2n) is 13.4. The molecule has 1 aromatic heterocycles. The molecule has 1 atom stereocenters. The molecule has 3 heterocycles. The lowest BCUT2D eigenvalue weighted by atomic mass is 9.92. The third-order valence-electron chi connectivity index (χ3n) is 8.60. The molecule has 3 N–H and O–H groups in total. The highest BCUT2D eigenvalue weighted by atomic mass is 16.5. The van der Waals surface area contributed by atoms with Gasteiger partial charge in [-0.3, -0.25) is 4.98 Å². The highest BCUT2D eigenvalue weighted by Gasteiger charge is 2.27. The summed E-state index contributed by atoms with van der Waals surface area (Å²) < 4.78 is 17.9.